The molecular weight excluding hydrogens is 295 g/mol. The van der Waals surface area contributed by atoms with Gasteiger partial charge in [0.15, 0.2) is 9.84 Å². The summed E-state index contributed by atoms with van der Waals surface area (Å²) in [6.45, 7) is 3.19. The van der Waals surface area contributed by atoms with Gasteiger partial charge in [-0.25, -0.2) is 12.8 Å². The summed E-state index contributed by atoms with van der Waals surface area (Å²) in [4.78, 5) is 12.3. The molecule has 0 saturated carbocycles. The quantitative estimate of drug-likeness (QED) is 0.830. The zero-order valence-electron chi connectivity index (χ0n) is 12.1. The van der Waals surface area contributed by atoms with E-state index in [9.17, 15) is 17.6 Å². The van der Waals surface area contributed by atoms with Gasteiger partial charge >= 0.3 is 0 Å². The summed E-state index contributed by atoms with van der Waals surface area (Å²) in [6.07, 6.45) is 2.62. The zero-order valence-corrected chi connectivity index (χ0v) is 12.9. The van der Waals surface area contributed by atoms with Gasteiger partial charge in [-0.15, -0.1) is 0 Å². The molecule has 1 heterocycles. The fourth-order valence-electron chi connectivity index (χ4n) is 2.35. The lowest BCUT2D eigenvalue weighted by Gasteiger charge is -2.32. The summed E-state index contributed by atoms with van der Waals surface area (Å²) in [5.41, 5.74) is -0.721. The van der Waals surface area contributed by atoms with E-state index >= 15 is 0 Å². The molecule has 7 heteroatoms. The number of nitrogens with one attached hydrogen (secondary N) is 2. The van der Waals surface area contributed by atoms with Gasteiger partial charge in [0.05, 0.1) is 16.0 Å². The normalized spacial score (nSPS) is 22.8. The van der Waals surface area contributed by atoms with Gasteiger partial charge in [0.1, 0.15) is 5.82 Å². The minimum atomic E-state index is -3.45. The topological polar surface area (TPSA) is 75.3 Å². The molecule has 0 aromatic heterocycles. The predicted molar refractivity (Wildman–Crippen MR) is 78.4 cm³/mol. The second-order valence-corrected chi connectivity index (χ2v) is 7.72. The van der Waals surface area contributed by atoms with E-state index < -0.39 is 21.1 Å². The molecule has 0 radical (unpaired) electrons. The molecule has 2 N–H and O–H groups in total. The molecule has 0 aliphatic carbocycles. The average molecular weight is 314 g/mol. The Balaban J connectivity index is 2.24. The van der Waals surface area contributed by atoms with E-state index in [2.05, 4.69) is 10.6 Å². The molecule has 0 spiro atoms. The van der Waals surface area contributed by atoms with Gasteiger partial charge in [0, 0.05) is 12.8 Å². The number of anilines is 1. The molecule has 1 aromatic rings. The van der Waals surface area contributed by atoms with Crippen molar-refractivity contribution in [2.45, 2.75) is 24.7 Å². The lowest BCUT2D eigenvalue weighted by Crippen LogP contribution is -2.46. The molecule has 1 amide bonds. The fraction of sp³-hybridized carbons (Fsp3) is 0.500. The molecule has 1 saturated heterocycles. The molecule has 0 bridgehead atoms. The van der Waals surface area contributed by atoms with E-state index in [0.717, 1.165) is 31.4 Å². The fourth-order valence-corrected chi connectivity index (χ4v) is 3.00. The Hall–Kier alpha value is -1.47. The Labute approximate surface area is 123 Å². The molecule has 1 unspecified atom stereocenters. The van der Waals surface area contributed by atoms with Crippen LogP contribution in [0, 0.1) is 11.2 Å². The van der Waals surface area contributed by atoms with Crippen LogP contribution in [0.1, 0.15) is 19.8 Å². The number of amides is 1. The summed E-state index contributed by atoms with van der Waals surface area (Å²) in [5, 5.41) is 5.66. The average Bonchev–Trinajstić information content (AvgIpc) is 2.40. The van der Waals surface area contributed by atoms with Gasteiger partial charge < -0.3 is 10.6 Å². The largest absolute Gasteiger partial charge is 0.323 e. The first-order chi connectivity index (χ1) is 9.72. The minimum absolute atomic E-state index is 0.0221. The van der Waals surface area contributed by atoms with Crippen molar-refractivity contribution in [2.24, 2.45) is 5.41 Å². The van der Waals surface area contributed by atoms with Crippen molar-refractivity contribution in [1.29, 1.82) is 0 Å². The van der Waals surface area contributed by atoms with Crippen molar-refractivity contribution < 1.29 is 17.6 Å². The predicted octanol–water partition coefficient (Wildman–Crippen LogP) is 1.56. The van der Waals surface area contributed by atoms with Gasteiger partial charge in [-0.1, -0.05) is 0 Å². The third-order valence-electron chi connectivity index (χ3n) is 3.76. The second-order valence-electron chi connectivity index (χ2n) is 5.71. The molecule has 1 aromatic carbocycles. The Bertz CT molecular complexity index is 652. The van der Waals surface area contributed by atoms with Crippen LogP contribution in [0.5, 0.6) is 0 Å². The van der Waals surface area contributed by atoms with E-state index in [4.69, 9.17) is 0 Å². The van der Waals surface area contributed by atoms with E-state index in [-0.39, 0.29) is 16.5 Å². The van der Waals surface area contributed by atoms with Crippen LogP contribution in [-0.2, 0) is 14.6 Å². The number of hydrogen-bond acceptors (Lipinski definition) is 4. The number of piperidine rings is 1. The summed E-state index contributed by atoms with van der Waals surface area (Å²) in [5.74, 6) is -0.956. The van der Waals surface area contributed by atoms with Gasteiger partial charge in [0.25, 0.3) is 0 Å². The van der Waals surface area contributed by atoms with Crippen molar-refractivity contribution in [1.82, 2.24) is 5.32 Å². The summed E-state index contributed by atoms with van der Waals surface area (Å²) >= 11 is 0. The maximum Gasteiger partial charge on any atom is 0.231 e. The molecule has 5 nitrogen and oxygen atoms in total. The number of rotatable bonds is 3. The number of sulfone groups is 1. The lowest BCUT2D eigenvalue weighted by atomic mass is 9.82. The first-order valence-electron chi connectivity index (χ1n) is 6.74. The van der Waals surface area contributed by atoms with Crippen molar-refractivity contribution in [3.63, 3.8) is 0 Å². The van der Waals surface area contributed by atoms with Crippen LogP contribution in [0.25, 0.3) is 0 Å². The standard InChI is InChI=1S/C14H19FN2O3S/c1-14(6-3-7-16-9-14)13(18)17-12-8-10(21(2,19)20)4-5-11(12)15/h4-5,8,16H,3,6-7,9H2,1-2H3,(H,17,18). The van der Waals surface area contributed by atoms with Gasteiger partial charge in [-0.05, 0) is 44.5 Å². The van der Waals surface area contributed by atoms with Gasteiger partial charge in [-0.2, -0.15) is 0 Å². The molecule has 21 heavy (non-hydrogen) atoms. The van der Waals surface area contributed by atoms with E-state index in [1.807, 2.05) is 6.92 Å². The van der Waals surface area contributed by atoms with Crippen molar-refractivity contribution in [2.75, 3.05) is 24.7 Å². The number of carbonyl (C=O) groups is 1. The number of halogens is 1. The van der Waals surface area contributed by atoms with E-state index in [0.29, 0.717) is 13.0 Å². The van der Waals surface area contributed by atoms with Gasteiger partial charge in [-0.3, -0.25) is 4.79 Å². The first kappa shape index (κ1) is 15.9. The van der Waals surface area contributed by atoms with Crippen LogP contribution in [0.3, 0.4) is 0 Å². The highest BCUT2D eigenvalue weighted by Gasteiger charge is 2.35. The van der Waals surface area contributed by atoms with E-state index in [1.165, 1.54) is 6.07 Å². The number of benzene rings is 1. The molecule has 1 aliphatic heterocycles. The van der Waals surface area contributed by atoms with Crippen LogP contribution in [-0.4, -0.2) is 33.7 Å². The highest BCUT2D eigenvalue weighted by molar-refractivity contribution is 7.90. The smallest absolute Gasteiger partial charge is 0.231 e. The van der Waals surface area contributed by atoms with Gasteiger partial charge in [0.2, 0.25) is 5.91 Å². The Kier molecular flexibility index (Phi) is 4.34. The lowest BCUT2D eigenvalue weighted by molar-refractivity contribution is -0.125. The Morgan fingerprint density at radius 3 is 2.71 bits per heavy atom. The van der Waals surface area contributed by atoms with E-state index in [1.54, 1.807) is 0 Å². The molecule has 1 aliphatic rings. The van der Waals surface area contributed by atoms with Crippen LogP contribution < -0.4 is 10.6 Å². The molecule has 116 valence electrons. The number of hydrogen-bond donors (Lipinski definition) is 2. The molecular formula is C14H19FN2O3S. The summed E-state index contributed by atoms with van der Waals surface area (Å²) in [7, 11) is -3.45. The SMILES string of the molecule is CC1(C(=O)Nc2cc(S(C)(=O)=O)ccc2F)CCCNC1. The molecule has 2 rings (SSSR count). The van der Waals surface area contributed by atoms with Crippen LogP contribution in [0.4, 0.5) is 10.1 Å². The molecule has 1 fully saturated rings. The first-order valence-corrected chi connectivity index (χ1v) is 8.63. The Morgan fingerprint density at radius 2 is 2.14 bits per heavy atom. The monoisotopic (exact) mass is 314 g/mol. The summed E-state index contributed by atoms with van der Waals surface area (Å²) in [6, 6.07) is 3.39. The van der Waals surface area contributed by atoms with Crippen LogP contribution >= 0.6 is 0 Å². The number of carbonyl (C=O) groups excluding carboxylic acids is 1. The Morgan fingerprint density at radius 1 is 1.43 bits per heavy atom. The van der Waals surface area contributed by atoms with Crippen molar-refractivity contribution in [3.8, 4) is 0 Å². The molecule has 1 atom stereocenters. The highest BCUT2D eigenvalue weighted by atomic mass is 32.2. The van der Waals surface area contributed by atoms with Crippen molar-refractivity contribution >= 4 is 21.4 Å². The minimum Gasteiger partial charge on any atom is -0.323 e. The third-order valence-corrected chi connectivity index (χ3v) is 4.87. The maximum atomic E-state index is 13.8. The third kappa shape index (κ3) is 3.59. The van der Waals surface area contributed by atoms with Crippen molar-refractivity contribution in [3.05, 3.63) is 24.0 Å². The zero-order chi connectivity index (χ0) is 15.7. The highest BCUT2D eigenvalue weighted by Crippen LogP contribution is 2.28. The maximum absolute atomic E-state index is 13.8. The summed E-state index contributed by atoms with van der Waals surface area (Å²) < 4.78 is 36.8. The van der Waals surface area contributed by atoms with Crippen LogP contribution in [0.15, 0.2) is 23.1 Å². The second kappa shape index (κ2) is 5.73. The van der Waals surface area contributed by atoms with Crippen LogP contribution in [0.2, 0.25) is 0 Å².